The van der Waals surface area contributed by atoms with Crippen molar-refractivity contribution in [1.82, 2.24) is 10.3 Å². The van der Waals surface area contributed by atoms with Crippen LogP contribution >= 0.6 is 0 Å². The van der Waals surface area contributed by atoms with E-state index in [0.29, 0.717) is 40.6 Å². The lowest BCUT2D eigenvalue weighted by molar-refractivity contribution is 0.0608. The Labute approximate surface area is 230 Å². The standard InChI is InChI=1S/C31H26N4O5/c1-2-3-16-35-30(39)23-14-9-13-22-26(23)24(31(35)40)17-20(27(22)36)18-32-34-29(38)21-12-7-8-15-25(21)33-28(37)19-10-5-4-6-11-19/h4-15,17-18,36H,2-3,16H2,1H3,(H,33,37)(H,34,38). The summed E-state index contributed by atoms with van der Waals surface area (Å²) in [6.45, 7) is 2.27. The first-order chi connectivity index (χ1) is 19.4. The smallest absolute Gasteiger partial charge is 0.273 e. The minimum absolute atomic E-state index is 0.170. The van der Waals surface area contributed by atoms with E-state index in [0.717, 1.165) is 6.42 Å². The maximum Gasteiger partial charge on any atom is 0.273 e. The monoisotopic (exact) mass is 534 g/mol. The molecule has 0 fully saturated rings. The van der Waals surface area contributed by atoms with Crippen LogP contribution in [0.4, 0.5) is 5.69 Å². The summed E-state index contributed by atoms with van der Waals surface area (Å²) in [5.74, 6) is -1.95. The van der Waals surface area contributed by atoms with Crippen LogP contribution in [0.2, 0.25) is 0 Å². The number of imide groups is 1. The van der Waals surface area contributed by atoms with Gasteiger partial charge in [0.05, 0.1) is 17.5 Å². The lowest BCUT2D eigenvalue weighted by atomic mass is 9.91. The van der Waals surface area contributed by atoms with Gasteiger partial charge in [0.2, 0.25) is 0 Å². The fraction of sp³-hybridized carbons (Fsp3) is 0.129. The van der Waals surface area contributed by atoms with E-state index in [1.807, 2.05) is 6.92 Å². The normalized spacial score (nSPS) is 12.7. The van der Waals surface area contributed by atoms with Gasteiger partial charge in [0.15, 0.2) is 0 Å². The van der Waals surface area contributed by atoms with Crippen LogP contribution in [-0.2, 0) is 0 Å². The highest BCUT2D eigenvalue weighted by atomic mass is 16.3. The number of benzene rings is 4. The number of nitrogens with zero attached hydrogens (tertiary/aromatic N) is 2. The van der Waals surface area contributed by atoms with Crippen molar-refractivity contribution in [3.63, 3.8) is 0 Å². The van der Waals surface area contributed by atoms with Crippen LogP contribution in [-0.4, -0.2) is 46.4 Å². The summed E-state index contributed by atoms with van der Waals surface area (Å²) in [6, 6.07) is 21.5. The van der Waals surface area contributed by atoms with Gasteiger partial charge in [-0.2, -0.15) is 5.10 Å². The van der Waals surface area contributed by atoms with E-state index in [1.165, 1.54) is 17.2 Å². The molecule has 0 unspecified atom stereocenters. The van der Waals surface area contributed by atoms with Crippen LogP contribution in [0.1, 0.15) is 66.8 Å². The van der Waals surface area contributed by atoms with Crippen molar-refractivity contribution in [3.8, 4) is 5.75 Å². The Bertz CT molecular complexity index is 1680. The zero-order chi connectivity index (χ0) is 28.2. The summed E-state index contributed by atoms with van der Waals surface area (Å²) in [5.41, 5.74) is 4.17. The van der Waals surface area contributed by atoms with Gasteiger partial charge in [-0.05, 0) is 42.8 Å². The summed E-state index contributed by atoms with van der Waals surface area (Å²) >= 11 is 0. The van der Waals surface area contributed by atoms with Crippen LogP contribution in [0, 0.1) is 0 Å². The maximum absolute atomic E-state index is 13.3. The van der Waals surface area contributed by atoms with Crippen LogP contribution in [0.5, 0.6) is 5.75 Å². The maximum atomic E-state index is 13.3. The average molecular weight is 535 g/mol. The number of nitrogens with one attached hydrogen (secondary N) is 2. The number of hydrogen-bond acceptors (Lipinski definition) is 6. The van der Waals surface area contributed by atoms with E-state index in [4.69, 9.17) is 0 Å². The van der Waals surface area contributed by atoms with Crippen molar-refractivity contribution in [2.45, 2.75) is 19.8 Å². The van der Waals surface area contributed by atoms with Crippen molar-refractivity contribution in [2.75, 3.05) is 11.9 Å². The second kappa shape index (κ2) is 11.2. The molecule has 0 atom stereocenters. The fourth-order valence-corrected chi connectivity index (χ4v) is 4.63. The van der Waals surface area contributed by atoms with Gasteiger partial charge in [-0.3, -0.25) is 24.1 Å². The van der Waals surface area contributed by atoms with E-state index in [9.17, 15) is 24.3 Å². The minimum Gasteiger partial charge on any atom is -0.507 e. The van der Waals surface area contributed by atoms with Crippen molar-refractivity contribution in [3.05, 3.63) is 107 Å². The van der Waals surface area contributed by atoms with Crippen molar-refractivity contribution in [2.24, 2.45) is 5.10 Å². The molecule has 9 heteroatoms. The van der Waals surface area contributed by atoms with Gasteiger partial charge in [-0.1, -0.05) is 55.8 Å². The largest absolute Gasteiger partial charge is 0.507 e. The first-order valence-corrected chi connectivity index (χ1v) is 12.8. The van der Waals surface area contributed by atoms with Gasteiger partial charge < -0.3 is 10.4 Å². The second-order valence-corrected chi connectivity index (χ2v) is 9.27. The lowest BCUT2D eigenvalue weighted by Crippen LogP contribution is -2.40. The molecule has 200 valence electrons. The molecular weight excluding hydrogens is 508 g/mol. The number of phenolic OH excluding ortho intramolecular Hbond substituents is 1. The summed E-state index contributed by atoms with van der Waals surface area (Å²) in [5, 5.41) is 18.4. The summed E-state index contributed by atoms with van der Waals surface area (Å²) in [6.07, 6.45) is 2.73. The Kier molecular flexibility index (Phi) is 7.37. The van der Waals surface area contributed by atoms with Gasteiger partial charge in [0.25, 0.3) is 23.6 Å². The number of hydrazone groups is 1. The Morgan fingerprint density at radius 2 is 1.62 bits per heavy atom. The summed E-state index contributed by atoms with van der Waals surface area (Å²) in [7, 11) is 0. The quantitative estimate of drug-likeness (QED) is 0.167. The molecule has 3 N–H and O–H groups in total. The van der Waals surface area contributed by atoms with E-state index in [1.54, 1.807) is 72.8 Å². The second-order valence-electron chi connectivity index (χ2n) is 9.27. The van der Waals surface area contributed by atoms with E-state index in [-0.39, 0.29) is 34.3 Å². The number of anilines is 1. The molecule has 40 heavy (non-hydrogen) atoms. The van der Waals surface area contributed by atoms with Gasteiger partial charge in [0.1, 0.15) is 5.75 Å². The van der Waals surface area contributed by atoms with Crippen molar-refractivity contribution < 1.29 is 24.3 Å². The summed E-state index contributed by atoms with van der Waals surface area (Å²) in [4.78, 5) is 53.0. The molecule has 0 bridgehead atoms. The number of aromatic hydroxyl groups is 1. The van der Waals surface area contributed by atoms with Gasteiger partial charge >= 0.3 is 0 Å². The summed E-state index contributed by atoms with van der Waals surface area (Å²) < 4.78 is 0. The topological polar surface area (TPSA) is 128 Å². The number of unbranched alkanes of at least 4 members (excludes halogenated alkanes) is 1. The molecule has 1 heterocycles. The molecule has 4 amide bonds. The lowest BCUT2D eigenvalue weighted by Gasteiger charge is -2.27. The molecule has 0 aliphatic carbocycles. The van der Waals surface area contributed by atoms with Gasteiger partial charge in [-0.15, -0.1) is 0 Å². The Balaban J connectivity index is 1.40. The molecule has 9 nitrogen and oxygen atoms in total. The molecule has 4 aromatic carbocycles. The number of carbonyl (C=O) groups is 4. The van der Waals surface area contributed by atoms with Gasteiger partial charge in [-0.25, -0.2) is 5.43 Å². The number of hydrogen-bond donors (Lipinski definition) is 3. The molecule has 1 aliphatic rings. The number of amides is 4. The third kappa shape index (κ3) is 4.92. The molecule has 0 saturated heterocycles. The Morgan fingerprint density at radius 3 is 2.40 bits per heavy atom. The third-order valence-electron chi connectivity index (χ3n) is 6.67. The minimum atomic E-state index is -0.587. The Hall–Kier alpha value is -5.31. The molecule has 4 aromatic rings. The van der Waals surface area contributed by atoms with Gasteiger partial charge in [0, 0.05) is 39.6 Å². The predicted octanol–water partition coefficient (Wildman–Crippen LogP) is 4.96. The van der Waals surface area contributed by atoms with Crippen LogP contribution < -0.4 is 10.7 Å². The zero-order valence-corrected chi connectivity index (χ0v) is 21.7. The SMILES string of the molecule is CCCCN1C(=O)c2cccc3c(O)c(C=NNC(=O)c4ccccc4NC(=O)c4ccccc4)cc(c23)C1=O. The predicted molar refractivity (Wildman–Crippen MR) is 152 cm³/mol. The first kappa shape index (κ1) is 26.3. The number of rotatable bonds is 8. The number of phenols is 1. The average Bonchev–Trinajstić information content (AvgIpc) is 2.98. The zero-order valence-electron chi connectivity index (χ0n) is 21.7. The third-order valence-corrected chi connectivity index (χ3v) is 6.67. The molecule has 0 saturated carbocycles. The van der Waals surface area contributed by atoms with E-state index >= 15 is 0 Å². The molecule has 0 aromatic heterocycles. The first-order valence-electron chi connectivity index (χ1n) is 12.8. The van der Waals surface area contributed by atoms with Crippen molar-refractivity contribution >= 4 is 46.3 Å². The molecule has 5 rings (SSSR count). The van der Waals surface area contributed by atoms with Crippen LogP contribution in [0.25, 0.3) is 10.8 Å². The molecular formula is C31H26N4O5. The molecule has 0 spiro atoms. The molecule has 1 aliphatic heterocycles. The highest BCUT2D eigenvalue weighted by Gasteiger charge is 2.33. The highest BCUT2D eigenvalue weighted by Crippen LogP contribution is 2.37. The van der Waals surface area contributed by atoms with E-state index < -0.39 is 11.8 Å². The van der Waals surface area contributed by atoms with E-state index in [2.05, 4.69) is 15.8 Å². The van der Waals surface area contributed by atoms with Crippen LogP contribution in [0.15, 0.2) is 84.0 Å². The Morgan fingerprint density at radius 1 is 0.900 bits per heavy atom. The highest BCUT2D eigenvalue weighted by molar-refractivity contribution is 6.27. The molecule has 0 radical (unpaired) electrons. The van der Waals surface area contributed by atoms with Crippen molar-refractivity contribution in [1.29, 1.82) is 0 Å². The number of carbonyl (C=O) groups excluding carboxylic acids is 4. The number of para-hydroxylation sites is 1. The van der Waals surface area contributed by atoms with Crippen LogP contribution in [0.3, 0.4) is 0 Å². The fourth-order valence-electron chi connectivity index (χ4n) is 4.63.